The van der Waals surface area contributed by atoms with Crippen molar-refractivity contribution >= 4 is 17.7 Å². The highest BCUT2D eigenvalue weighted by Gasteiger charge is 2.15. The molecule has 3 aromatic rings. The van der Waals surface area contributed by atoms with Gasteiger partial charge in [0.05, 0.1) is 18.0 Å². The monoisotopic (exact) mass is 367 g/mol. The molecular weight excluding hydrogens is 346 g/mol. The maximum absolute atomic E-state index is 12.1. The maximum Gasteiger partial charge on any atom is 0.230 e. The molecule has 1 aromatic carbocycles. The van der Waals surface area contributed by atoms with Crippen LogP contribution in [0.5, 0.6) is 0 Å². The quantitative estimate of drug-likeness (QED) is 0.650. The third kappa shape index (κ3) is 4.29. The summed E-state index contributed by atoms with van der Waals surface area (Å²) in [6, 6.07) is 13.7. The van der Waals surface area contributed by atoms with Gasteiger partial charge in [-0.05, 0) is 31.5 Å². The van der Waals surface area contributed by atoms with E-state index in [1.165, 1.54) is 11.8 Å². The van der Waals surface area contributed by atoms with Crippen molar-refractivity contribution in [3.63, 3.8) is 0 Å². The van der Waals surface area contributed by atoms with Gasteiger partial charge < -0.3 is 9.88 Å². The summed E-state index contributed by atoms with van der Waals surface area (Å²) in [7, 11) is 0. The highest BCUT2D eigenvalue weighted by atomic mass is 32.2. The number of hydrogen-bond donors (Lipinski definition) is 1. The Morgan fingerprint density at radius 3 is 2.69 bits per heavy atom. The number of pyridine rings is 1. The van der Waals surface area contributed by atoms with Crippen LogP contribution in [0.3, 0.4) is 0 Å². The second kappa shape index (κ2) is 8.62. The van der Waals surface area contributed by atoms with Gasteiger partial charge in [0.1, 0.15) is 0 Å². The van der Waals surface area contributed by atoms with Gasteiger partial charge in [-0.1, -0.05) is 42.1 Å². The number of carbonyl (C=O) groups excluding carboxylic acids is 1. The Balaban J connectivity index is 1.63. The molecule has 3 rings (SSSR count). The molecule has 26 heavy (non-hydrogen) atoms. The van der Waals surface area contributed by atoms with Crippen molar-refractivity contribution in [2.24, 2.45) is 0 Å². The van der Waals surface area contributed by atoms with Gasteiger partial charge in [-0.3, -0.25) is 9.78 Å². The van der Waals surface area contributed by atoms with Gasteiger partial charge >= 0.3 is 0 Å². The van der Waals surface area contributed by atoms with Crippen LogP contribution in [-0.2, 0) is 17.9 Å². The van der Waals surface area contributed by atoms with Crippen LogP contribution < -0.4 is 5.32 Å². The minimum absolute atomic E-state index is 0.0521. The number of hydrogen-bond acceptors (Lipinski definition) is 5. The van der Waals surface area contributed by atoms with Gasteiger partial charge in [-0.15, -0.1) is 10.2 Å². The fourth-order valence-electron chi connectivity index (χ4n) is 2.58. The molecule has 0 saturated heterocycles. The van der Waals surface area contributed by atoms with E-state index < -0.39 is 0 Å². The molecule has 7 heteroatoms. The van der Waals surface area contributed by atoms with Crippen molar-refractivity contribution in [1.82, 2.24) is 25.1 Å². The van der Waals surface area contributed by atoms with Crippen molar-refractivity contribution < 1.29 is 4.79 Å². The molecule has 0 aliphatic heterocycles. The van der Waals surface area contributed by atoms with E-state index in [4.69, 9.17) is 0 Å². The normalized spacial score (nSPS) is 10.7. The van der Waals surface area contributed by atoms with Gasteiger partial charge in [0.15, 0.2) is 11.0 Å². The molecule has 6 nitrogen and oxygen atoms in total. The minimum atomic E-state index is -0.0521. The molecule has 0 radical (unpaired) electrons. The average Bonchev–Trinajstić information content (AvgIpc) is 3.08. The highest BCUT2D eigenvalue weighted by molar-refractivity contribution is 7.99. The number of benzene rings is 1. The third-order valence-electron chi connectivity index (χ3n) is 3.94. The van der Waals surface area contributed by atoms with Crippen molar-refractivity contribution in [2.75, 3.05) is 5.75 Å². The van der Waals surface area contributed by atoms with Crippen LogP contribution in [0.2, 0.25) is 0 Å². The first-order valence-corrected chi connectivity index (χ1v) is 9.46. The first-order valence-electron chi connectivity index (χ1n) is 8.47. The lowest BCUT2D eigenvalue weighted by molar-refractivity contribution is -0.118. The third-order valence-corrected chi connectivity index (χ3v) is 4.91. The van der Waals surface area contributed by atoms with Crippen LogP contribution in [-0.4, -0.2) is 31.4 Å². The molecule has 0 saturated carbocycles. The van der Waals surface area contributed by atoms with E-state index in [2.05, 4.69) is 40.4 Å². The van der Waals surface area contributed by atoms with E-state index in [1.54, 1.807) is 6.20 Å². The molecule has 0 atom stereocenters. The molecule has 0 aliphatic rings. The summed E-state index contributed by atoms with van der Waals surface area (Å²) in [6.45, 7) is 5.28. The summed E-state index contributed by atoms with van der Waals surface area (Å²) in [5.74, 6) is 1.07. The number of carbonyl (C=O) groups is 1. The summed E-state index contributed by atoms with van der Waals surface area (Å²) in [6.07, 6.45) is 1.72. The van der Waals surface area contributed by atoms with Gasteiger partial charge in [0.25, 0.3) is 0 Å². The standard InChI is InChI=1S/C19H21N5OS/c1-3-24-18(16-10-5-4-8-14(16)2)22-23-19(24)26-13-17(25)21-12-15-9-6-7-11-20-15/h4-11H,3,12-13H2,1-2H3,(H,21,25). The van der Waals surface area contributed by atoms with Crippen molar-refractivity contribution in [2.45, 2.75) is 32.1 Å². The lowest BCUT2D eigenvalue weighted by Gasteiger charge is -2.09. The Morgan fingerprint density at radius 2 is 1.96 bits per heavy atom. The minimum Gasteiger partial charge on any atom is -0.350 e. The Morgan fingerprint density at radius 1 is 1.15 bits per heavy atom. The molecular formula is C19H21N5OS. The van der Waals surface area contributed by atoms with E-state index in [1.807, 2.05) is 41.0 Å². The maximum atomic E-state index is 12.1. The van der Waals surface area contributed by atoms with Crippen molar-refractivity contribution in [3.05, 3.63) is 59.9 Å². The highest BCUT2D eigenvalue weighted by Crippen LogP contribution is 2.26. The summed E-state index contributed by atoms with van der Waals surface area (Å²) >= 11 is 1.39. The molecule has 0 aliphatic carbocycles. The molecule has 2 heterocycles. The smallest absolute Gasteiger partial charge is 0.230 e. The predicted octanol–water partition coefficient (Wildman–Crippen LogP) is 3.08. The first kappa shape index (κ1) is 18.1. The molecule has 134 valence electrons. The number of aryl methyl sites for hydroxylation is 1. The molecule has 0 spiro atoms. The van der Waals surface area contributed by atoms with E-state index in [9.17, 15) is 4.79 Å². The number of rotatable bonds is 7. The van der Waals surface area contributed by atoms with Crippen molar-refractivity contribution in [1.29, 1.82) is 0 Å². The molecule has 1 N–H and O–H groups in total. The second-order valence-corrected chi connectivity index (χ2v) is 6.69. The number of amides is 1. The molecule has 0 fully saturated rings. The van der Waals surface area contributed by atoms with Gasteiger partial charge in [-0.25, -0.2) is 0 Å². The number of thioether (sulfide) groups is 1. The second-order valence-electron chi connectivity index (χ2n) is 5.75. The van der Waals surface area contributed by atoms with Crippen molar-refractivity contribution in [3.8, 4) is 11.4 Å². The van der Waals surface area contributed by atoms with E-state index >= 15 is 0 Å². The van der Waals surface area contributed by atoms with Crippen LogP contribution in [0.4, 0.5) is 0 Å². The Kier molecular flexibility index (Phi) is 6.01. The zero-order chi connectivity index (χ0) is 18.4. The summed E-state index contributed by atoms with van der Waals surface area (Å²) < 4.78 is 2.04. The zero-order valence-corrected chi connectivity index (χ0v) is 15.7. The largest absolute Gasteiger partial charge is 0.350 e. The van der Waals surface area contributed by atoms with E-state index in [0.29, 0.717) is 12.3 Å². The van der Waals surface area contributed by atoms with Crippen LogP contribution in [0.1, 0.15) is 18.2 Å². The van der Waals surface area contributed by atoms with Crippen LogP contribution >= 0.6 is 11.8 Å². The van der Waals surface area contributed by atoms with Crippen LogP contribution in [0.25, 0.3) is 11.4 Å². The van der Waals surface area contributed by atoms with Gasteiger partial charge in [0, 0.05) is 18.3 Å². The molecule has 1 amide bonds. The average molecular weight is 367 g/mol. The summed E-state index contributed by atoms with van der Waals surface area (Å²) in [5, 5.41) is 12.2. The lowest BCUT2D eigenvalue weighted by Crippen LogP contribution is -2.25. The predicted molar refractivity (Wildman–Crippen MR) is 103 cm³/mol. The van der Waals surface area contributed by atoms with E-state index in [-0.39, 0.29) is 5.91 Å². The van der Waals surface area contributed by atoms with Crippen LogP contribution in [0, 0.1) is 6.92 Å². The molecule has 2 aromatic heterocycles. The van der Waals surface area contributed by atoms with E-state index in [0.717, 1.165) is 34.3 Å². The molecule has 0 bridgehead atoms. The van der Waals surface area contributed by atoms with Gasteiger partial charge in [0.2, 0.25) is 5.91 Å². The summed E-state index contributed by atoms with van der Waals surface area (Å²) in [4.78, 5) is 16.3. The number of aromatic nitrogens is 4. The fourth-order valence-corrected chi connectivity index (χ4v) is 3.41. The summed E-state index contributed by atoms with van der Waals surface area (Å²) in [5.41, 5.74) is 3.05. The first-order chi connectivity index (χ1) is 12.7. The van der Waals surface area contributed by atoms with Gasteiger partial charge in [-0.2, -0.15) is 0 Å². The fraction of sp³-hybridized carbons (Fsp3) is 0.263. The number of nitrogens with zero attached hydrogens (tertiary/aromatic N) is 4. The molecule has 0 unspecified atom stereocenters. The Bertz CT molecular complexity index is 879. The topological polar surface area (TPSA) is 72.7 Å². The zero-order valence-electron chi connectivity index (χ0n) is 14.8. The lowest BCUT2D eigenvalue weighted by atomic mass is 10.1. The SMILES string of the molecule is CCn1c(SCC(=O)NCc2ccccn2)nnc1-c1ccccc1C. The Hall–Kier alpha value is -2.67. The van der Waals surface area contributed by atoms with Crippen LogP contribution in [0.15, 0.2) is 53.8 Å². The number of nitrogens with one attached hydrogen (secondary N) is 1. The Labute approximate surface area is 157 Å².